The molecule has 0 radical (unpaired) electrons. The van der Waals surface area contributed by atoms with Crippen molar-refractivity contribution in [3.05, 3.63) is 284 Å². The molecule has 4 heterocycles. The van der Waals surface area contributed by atoms with Crippen molar-refractivity contribution in [1.82, 2.24) is 40.6 Å². The van der Waals surface area contributed by atoms with Crippen molar-refractivity contribution in [2.24, 2.45) is 0 Å². The molecule has 16 aromatic rings. The summed E-state index contributed by atoms with van der Waals surface area (Å²) in [6.07, 6.45) is 0.250. The first-order chi connectivity index (χ1) is 58.9. The lowest BCUT2D eigenvalue weighted by atomic mass is 10.1. The summed E-state index contributed by atoms with van der Waals surface area (Å²) in [5.74, 6) is 8.04. The summed E-state index contributed by atoms with van der Waals surface area (Å²) in [6.45, 7) is 6.06. The number of hydrogen-bond donors (Lipinski definition) is 1. The van der Waals surface area contributed by atoms with Gasteiger partial charge in [0.25, 0.3) is 23.6 Å². The third-order valence-corrected chi connectivity index (χ3v) is 23.1. The van der Waals surface area contributed by atoms with E-state index in [9.17, 15) is 8.42 Å². The molecule has 2 N–H and O–H groups in total. The first kappa shape index (κ1) is 86.1. The average molecular weight is 1690 g/mol. The highest BCUT2D eigenvalue weighted by atomic mass is 32.2. The van der Waals surface area contributed by atoms with E-state index in [4.69, 9.17) is 71.3 Å². The molecule has 12 aromatic carbocycles. The molecule has 0 bridgehead atoms. The second kappa shape index (κ2) is 41.3. The molecule has 0 unspecified atom stereocenters. The predicted octanol–water partition coefficient (Wildman–Crippen LogP) is 20.9. The average Bonchev–Trinajstić information content (AvgIpc) is 1.46. The van der Waals surface area contributed by atoms with E-state index in [0.717, 1.165) is 57.3 Å². The first-order valence-corrected chi connectivity index (χ1v) is 40.8. The number of sulfone groups is 1. The number of anilines is 1. The Bertz CT molecular complexity index is 5960. The highest BCUT2D eigenvalue weighted by Crippen LogP contribution is 2.44. The number of nitrogen functional groups attached to an aromatic ring is 1. The van der Waals surface area contributed by atoms with Crippen LogP contribution >= 0.6 is 35.3 Å². The van der Waals surface area contributed by atoms with Gasteiger partial charge in [-0.05, 0) is 197 Å². The number of hydrogen-bond acceptors (Lipinski definition) is 28. The molecule has 29 heteroatoms. The minimum atomic E-state index is -3.79. The van der Waals surface area contributed by atoms with Crippen LogP contribution in [0.4, 0.5) is 5.69 Å². The van der Waals surface area contributed by atoms with Crippen molar-refractivity contribution in [2.75, 3.05) is 62.6 Å². The van der Waals surface area contributed by atoms with E-state index in [1.54, 1.807) is 146 Å². The smallest absolute Gasteiger partial charge is 0.373 e. The predicted molar refractivity (Wildman–Crippen MR) is 460 cm³/mol. The van der Waals surface area contributed by atoms with E-state index in [1.165, 1.54) is 24.3 Å². The maximum Gasteiger partial charge on any atom is 0.373 e. The van der Waals surface area contributed by atoms with Crippen molar-refractivity contribution in [3.63, 3.8) is 0 Å². The first-order valence-electron chi connectivity index (χ1n) is 36.8. The fourth-order valence-electron chi connectivity index (χ4n) is 11.8. The molecular formula is C92H79N9O16S4. The molecule has 0 saturated heterocycles. The lowest BCUT2D eigenvalue weighted by Gasteiger charge is -2.09. The van der Waals surface area contributed by atoms with Gasteiger partial charge in [0.1, 0.15) is 34.5 Å². The Morgan fingerprint density at radius 2 is 0.620 bits per heavy atom. The Balaban J connectivity index is 0.000000146. The van der Waals surface area contributed by atoms with Crippen molar-refractivity contribution in [3.8, 4) is 137 Å². The number of benzene rings is 12. The lowest BCUT2D eigenvalue weighted by Crippen LogP contribution is -2.04. The molecule has 0 spiro atoms. The Kier molecular flexibility index (Phi) is 29.4. The third-order valence-electron chi connectivity index (χ3n) is 18.0. The van der Waals surface area contributed by atoms with Gasteiger partial charge in [0.05, 0.1) is 111 Å². The van der Waals surface area contributed by atoms with E-state index in [1.807, 2.05) is 146 Å². The number of aryl methyl sites for hydroxylation is 3. The summed E-state index contributed by atoms with van der Waals surface area (Å²) < 4.78 is 91.8. The zero-order chi connectivity index (χ0) is 85.4. The molecular weight excluding hydrogens is 1620 g/mol. The van der Waals surface area contributed by atoms with Crippen LogP contribution in [0.5, 0.6) is 46.0 Å². The number of para-hydroxylation sites is 1. The van der Waals surface area contributed by atoms with Crippen LogP contribution in [0.2, 0.25) is 0 Å². The topological polar surface area (TPSA) is 324 Å². The van der Waals surface area contributed by atoms with E-state index < -0.39 is 9.84 Å². The Labute approximate surface area is 710 Å². The van der Waals surface area contributed by atoms with Crippen molar-refractivity contribution in [1.29, 1.82) is 0 Å². The molecule has 0 fully saturated rings. The SMILES string of the molecule is COc1ccc(OC)c(-c2noc(-c3ccccc3S(=O)(=O)c3ccc(C)cc3)n2)c1.COc1ccc(OC)c(-c2noc(-c3ccccc3Sc3ccc(C)cc3)n2)c1.COc1ccc(OC)c(-c2noc(-c3ccccc3Sc3ccc(C)cc3)n2)c1.COc1cccc(-c2noc(-c3ccccc3Sc3ccc(N)cc3)n2)c1OC.O=C=O. The van der Waals surface area contributed by atoms with Gasteiger partial charge in [0.2, 0.25) is 33.1 Å². The van der Waals surface area contributed by atoms with Crippen molar-refractivity contribution < 1.29 is 74.0 Å². The summed E-state index contributed by atoms with van der Waals surface area (Å²) in [6, 6.07) is 83.4. The molecule has 4 aromatic heterocycles. The minimum absolute atomic E-state index is 0.0890. The van der Waals surface area contributed by atoms with Crippen molar-refractivity contribution in [2.45, 2.75) is 59.9 Å². The molecule has 0 aliphatic carbocycles. The monoisotopic (exact) mass is 1690 g/mol. The number of ether oxygens (including phenoxy) is 8. The Morgan fingerprint density at radius 3 is 0.967 bits per heavy atom. The standard InChI is InChI=1S/C23H20N2O5S.2C23H20N2O3S.C22H19N3O3S.CO2/c1-15-8-11-17(12-9-15)31(26,27)21-7-5-4-6-18(21)23-24-22(25-30-23)19-14-16(28-2)10-13-20(19)29-3;2*1-15-8-11-17(12-9-15)29-21-7-5-4-6-18(21)23-24-22(25-28-23)19-14-16(26-2)10-13-20(19)27-3;1-26-18-8-5-7-17(20(18)27-2)21-24-22(28-25-21)16-6-3-4-9-19(16)29-15-12-10-14(23)11-13-15;2-1-3/h4-14H,1-3H3;2*4-14H,1-3H3;3-13H,23H2,1-2H3;. The summed E-state index contributed by atoms with van der Waals surface area (Å²) in [5.41, 5.74) is 15.6. The van der Waals surface area contributed by atoms with Gasteiger partial charge < -0.3 is 61.7 Å². The van der Waals surface area contributed by atoms with Gasteiger partial charge in [-0.1, -0.05) is 164 Å². The van der Waals surface area contributed by atoms with Gasteiger partial charge in [-0.2, -0.15) is 29.5 Å². The third kappa shape index (κ3) is 21.4. The summed E-state index contributed by atoms with van der Waals surface area (Å²) in [7, 11) is 8.94. The quantitative estimate of drug-likeness (QED) is 0.0549. The van der Waals surface area contributed by atoms with Crippen LogP contribution in [0.15, 0.2) is 324 Å². The van der Waals surface area contributed by atoms with Crippen LogP contribution in [-0.2, 0) is 19.4 Å². The number of carbonyl (C=O) groups excluding carboxylic acids is 2. The molecule has 0 aliphatic rings. The number of methoxy groups -OCH3 is 8. The van der Waals surface area contributed by atoms with Crippen LogP contribution in [0.1, 0.15) is 16.7 Å². The zero-order valence-corrected chi connectivity index (χ0v) is 70.5. The van der Waals surface area contributed by atoms with E-state index in [-0.39, 0.29) is 27.7 Å². The normalized spacial score (nSPS) is 10.7. The highest BCUT2D eigenvalue weighted by Gasteiger charge is 2.27. The van der Waals surface area contributed by atoms with Crippen LogP contribution in [0, 0.1) is 20.8 Å². The molecule has 0 saturated carbocycles. The van der Waals surface area contributed by atoms with Crippen LogP contribution in [-0.4, -0.2) is 112 Å². The maximum absolute atomic E-state index is 13.3. The van der Waals surface area contributed by atoms with Gasteiger partial charge in [0, 0.05) is 35.1 Å². The minimum Gasteiger partial charge on any atom is -0.497 e. The van der Waals surface area contributed by atoms with Crippen LogP contribution in [0.25, 0.3) is 91.4 Å². The molecule has 121 heavy (non-hydrogen) atoms. The van der Waals surface area contributed by atoms with Gasteiger partial charge in [0.15, 0.2) is 11.5 Å². The van der Waals surface area contributed by atoms with E-state index in [2.05, 4.69) is 115 Å². The van der Waals surface area contributed by atoms with E-state index >= 15 is 0 Å². The molecule has 25 nitrogen and oxygen atoms in total. The molecule has 16 rings (SSSR count). The van der Waals surface area contributed by atoms with Crippen LogP contribution < -0.4 is 43.6 Å². The van der Waals surface area contributed by atoms with Crippen molar-refractivity contribution >= 4 is 57.0 Å². The number of rotatable bonds is 24. The molecule has 0 amide bonds. The fraction of sp³-hybridized carbons (Fsp3) is 0.120. The molecule has 0 atom stereocenters. The maximum atomic E-state index is 13.3. The second-order valence-electron chi connectivity index (χ2n) is 25.8. The fourth-order valence-corrected chi connectivity index (χ4v) is 16.1. The van der Waals surface area contributed by atoms with Gasteiger partial charge in [-0.3, -0.25) is 0 Å². The number of aromatic nitrogens is 8. The lowest BCUT2D eigenvalue weighted by molar-refractivity contribution is -0.191. The highest BCUT2D eigenvalue weighted by molar-refractivity contribution is 8.00. The van der Waals surface area contributed by atoms with E-state index in [0.29, 0.717) is 109 Å². The summed E-state index contributed by atoms with van der Waals surface area (Å²) in [5, 5.41) is 16.5. The van der Waals surface area contributed by atoms with Gasteiger partial charge in [-0.15, -0.1) is 0 Å². The number of nitrogens with two attached hydrogens (primary N) is 1. The molecule has 612 valence electrons. The van der Waals surface area contributed by atoms with Crippen LogP contribution in [0.3, 0.4) is 0 Å². The summed E-state index contributed by atoms with van der Waals surface area (Å²) in [4.78, 5) is 41.3. The largest absolute Gasteiger partial charge is 0.497 e. The summed E-state index contributed by atoms with van der Waals surface area (Å²) >= 11 is 4.94. The Morgan fingerprint density at radius 1 is 0.314 bits per heavy atom. The molecule has 0 aliphatic heterocycles. The second-order valence-corrected chi connectivity index (χ2v) is 31.1. The van der Waals surface area contributed by atoms with Gasteiger partial charge in [-0.25, -0.2) is 8.42 Å². The Hall–Kier alpha value is -14.2. The zero-order valence-electron chi connectivity index (χ0n) is 67.2. The number of nitrogens with zero attached hydrogens (tertiary/aromatic N) is 8. The van der Waals surface area contributed by atoms with Gasteiger partial charge >= 0.3 is 6.15 Å².